The van der Waals surface area contributed by atoms with Crippen molar-refractivity contribution in [2.24, 2.45) is 5.92 Å². The standard InChI is InChI=1S/C20H23N3O5S/c1-13(24)21-16-6-7-18(28-2)19(9-16)29(26,27)22-10-14-8-15(12-22)17-4-3-5-20(25)23(17)11-14/h3-7,9,14-15H,8,10-12H2,1-2H3,(H,21,24). The number of nitrogens with zero attached hydrogens (tertiary/aromatic N) is 2. The highest BCUT2D eigenvalue weighted by Gasteiger charge is 2.40. The number of carbonyl (C=O) groups is 1. The number of hydrogen-bond acceptors (Lipinski definition) is 5. The van der Waals surface area contributed by atoms with Crippen molar-refractivity contribution in [1.29, 1.82) is 0 Å². The number of amides is 1. The molecule has 154 valence electrons. The van der Waals surface area contributed by atoms with Gasteiger partial charge >= 0.3 is 0 Å². The third kappa shape index (κ3) is 3.56. The smallest absolute Gasteiger partial charge is 0.250 e. The van der Waals surface area contributed by atoms with Crippen LogP contribution in [0.5, 0.6) is 5.75 Å². The predicted molar refractivity (Wildman–Crippen MR) is 108 cm³/mol. The van der Waals surface area contributed by atoms with Crippen LogP contribution in [0.15, 0.2) is 46.1 Å². The highest BCUT2D eigenvalue weighted by molar-refractivity contribution is 7.89. The fourth-order valence-electron chi connectivity index (χ4n) is 4.35. The first-order chi connectivity index (χ1) is 13.8. The van der Waals surface area contributed by atoms with E-state index in [0.717, 1.165) is 12.1 Å². The van der Waals surface area contributed by atoms with Crippen LogP contribution in [0, 0.1) is 5.92 Å². The zero-order chi connectivity index (χ0) is 20.8. The summed E-state index contributed by atoms with van der Waals surface area (Å²) in [6, 6.07) is 9.73. The molecule has 2 atom stereocenters. The molecule has 1 amide bonds. The fourth-order valence-corrected chi connectivity index (χ4v) is 6.09. The van der Waals surface area contributed by atoms with Gasteiger partial charge in [0.2, 0.25) is 15.9 Å². The average Bonchev–Trinajstić information content (AvgIpc) is 2.68. The van der Waals surface area contributed by atoms with E-state index < -0.39 is 10.0 Å². The molecule has 2 aromatic rings. The zero-order valence-electron chi connectivity index (χ0n) is 16.3. The first kappa shape index (κ1) is 19.7. The maximum atomic E-state index is 13.5. The van der Waals surface area contributed by atoms with Gasteiger partial charge in [0.15, 0.2) is 0 Å². The molecule has 2 unspecified atom stereocenters. The molecule has 0 saturated carbocycles. The summed E-state index contributed by atoms with van der Waals surface area (Å²) in [5.41, 5.74) is 1.23. The van der Waals surface area contributed by atoms with Crippen molar-refractivity contribution >= 4 is 21.6 Å². The quantitative estimate of drug-likeness (QED) is 0.815. The van der Waals surface area contributed by atoms with E-state index in [0.29, 0.717) is 25.3 Å². The average molecular weight is 417 g/mol. The lowest BCUT2D eigenvalue weighted by atomic mass is 9.84. The van der Waals surface area contributed by atoms with E-state index in [1.165, 1.54) is 36.5 Å². The Balaban J connectivity index is 1.70. The SMILES string of the molecule is COc1ccc(NC(C)=O)cc1S(=O)(=O)N1CC2CC(C1)c1cccc(=O)n1C2. The lowest BCUT2D eigenvalue weighted by Gasteiger charge is -2.42. The number of rotatable bonds is 4. The number of nitrogens with one attached hydrogen (secondary N) is 1. The predicted octanol–water partition coefficient (Wildman–Crippen LogP) is 1.62. The highest BCUT2D eigenvalue weighted by atomic mass is 32.2. The largest absolute Gasteiger partial charge is 0.495 e. The molecule has 9 heteroatoms. The first-order valence-corrected chi connectivity index (χ1v) is 10.9. The Hall–Kier alpha value is -2.65. The Kier molecular flexibility index (Phi) is 4.95. The van der Waals surface area contributed by atoms with E-state index in [1.807, 2.05) is 6.07 Å². The van der Waals surface area contributed by atoms with Gasteiger partial charge < -0.3 is 14.6 Å². The van der Waals surface area contributed by atoms with Crippen LogP contribution in [0.3, 0.4) is 0 Å². The maximum Gasteiger partial charge on any atom is 0.250 e. The van der Waals surface area contributed by atoms with Crippen molar-refractivity contribution in [1.82, 2.24) is 8.87 Å². The lowest BCUT2D eigenvalue weighted by molar-refractivity contribution is -0.114. The Morgan fingerprint density at radius 2 is 1.97 bits per heavy atom. The van der Waals surface area contributed by atoms with Gasteiger partial charge in [0.05, 0.1) is 7.11 Å². The van der Waals surface area contributed by atoms with Crippen LogP contribution in [-0.4, -0.2) is 43.4 Å². The van der Waals surface area contributed by atoms with Crippen molar-refractivity contribution in [3.05, 3.63) is 52.4 Å². The fraction of sp³-hybridized carbons (Fsp3) is 0.400. The summed E-state index contributed by atoms with van der Waals surface area (Å²) < 4.78 is 35.5. The molecular formula is C20H23N3O5S. The number of anilines is 1. The zero-order valence-corrected chi connectivity index (χ0v) is 17.1. The van der Waals surface area contributed by atoms with E-state index in [4.69, 9.17) is 4.74 Å². The molecule has 1 aromatic carbocycles. The second kappa shape index (κ2) is 7.31. The summed E-state index contributed by atoms with van der Waals surface area (Å²) >= 11 is 0. The second-order valence-corrected chi connectivity index (χ2v) is 9.47. The summed E-state index contributed by atoms with van der Waals surface area (Å²) in [5.74, 6) is -0.0177. The third-order valence-corrected chi connectivity index (χ3v) is 7.40. The van der Waals surface area contributed by atoms with Crippen LogP contribution in [0.25, 0.3) is 0 Å². The minimum atomic E-state index is -3.85. The van der Waals surface area contributed by atoms with Gasteiger partial charge in [-0.05, 0) is 36.6 Å². The summed E-state index contributed by atoms with van der Waals surface area (Å²) in [4.78, 5) is 23.6. The topological polar surface area (TPSA) is 97.7 Å². The monoisotopic (exact) mass is 417 g/mol. The number of hydrogen-bond donors (Lipinski definition) is 1. The molecule has 1 aromatic heterocycles. The van der Waals surface area contributed by atoms with Crippen molar-refractivity contribution in [2.75, 3.05) is 25.5 Å². The second-order valence-electron chi connectivity index (χ2n) is 7.57. The molecule has 1 fully saturated rings. The molecule has 0 aliphatic carbocycles. The Labute approximate surface area is 169 Å². The number of ether oxygens (including phenoxy) is 1. The molecule has 1 N–H and O–H groups in total. The van der Waals surface area contributed by atoms with Crippen LogP contribution in [-0.2, 0) is 21.4 Å². The summed E-state index contributed by atoms with van der Waals surface area (Å²) in [7, 11) is -2.43. The normalized spacial score (nSPS) is 21.3. The lowest BCUT2D eigenvalue weighted by Crippen LogP contribution is -2.49. The van der Waals surface area contributed by atoms with E-state index in [2.05, 4.69) is 5.32 Å². The van der Waals surface area contributed by atoms with E-state index in [9.17, 15) is 18.0 Å². The van der Waals surface area contributed by atoms with E-state index in [-0.39, 0.29) is 33.9 Å². The number of methoxy groups -OCH3 is 1. The van der Waals surface area contributed by atoms with Crippen molar-refractivity contribution in [2.45, 2.75) is 30.7 Å². The molecular weight excluding hydrogens is 394 g/mol. The van der Waals surface area contributed by atoms with Crippen molar-refractivity contribution in [3.63, 3.8) is 0 Å². The number of sulfonamides is 1. The molecule has 2 aliphatic heterocycles. The van der Waals surface area contributed by atoms with Gasteiger partial charge in [0.1, 0.15) is 10.6 Å². The van der Waals surface area contributed by atoms with Crippen LogP contribution >= 0.6 is 0 Å². The number of piperidine rings is 1. The third-order valence-electron chi connectivity index (χ3n) is 5.55. The highest BCUT2D eigenvalue weighted by Crippen LogP contribution is 2.39. The molecule has 29 heavy (non-hydrogen) atoms. The van der Waals surface area contributed by atoms with Crippen LogP contribution < -0.4 is 15.6 Å². The Morgan fingerprint density at radius 3 is 2.69 bits per heavy atom. The minimum Gasteiger partial charge on any atom is -0.495 e. The number of carbonyl (C=O) groups excluding carboxylic acids is 1. The van der Waals surface area contributed by atoms with Crippen molar-refractivity contribution in [3.8, 4) is 5.75 Å². The van der Waals surface area contributed by atoms with E-state index in [1.54, 1.807) is 16.7 Å². The first-order valence-electron chi connectivity index (χ1n) is 9.45. The van der Waals surface area contributed by atoms with Gasteiger partial charge in [-0.2, -0.15) is 4.31 Å². The number of benzene rings is 1. The van der Waals surface area contributed by atoms with Crippen molar-refractivity contribution < 1.29 is 17.9 Å². The van der Waals surface area contributed by atoms with Gasteiger partial charge in [-0.25, -0.2) is 8.42 Å². The molecule has 2 bridgehead atoms. The van der Waals surface area contributed by atoms with Gasteiger partial charge in [-0.3, -0.25) is 9.59 Å². The summed E-state index contributed by atoms with van der Waals surface area (Å²) in [5, 5.41) is 2.62. The van der Waals surface area contributed by atoms with Gasteiger partial charge in [-0.15, -0.1) is 0 Å². The number of aromatic nitrogens is 1. The molecule has 0 radical (unpaired) electrons. The van der Waals surface area contributed by atoms with Gasteiger partial charge in [0.25, 0.3) is 5.56 Å². The minimum absolute atomic E-state index is 0.0247. The molecule has 3 heterocycles. The van der Waals surface area contributed by atoms with E-state index >= 15 is 0 Å². The molecule has 8 nitrogen and oxygen atoms in total. The molecule has 4 rings (SSSR count). The summed E-state index contributed by atoms with van der Waals surface area (Å²) in [6.07, 6.45) is 0.860. The molecule has 0 spiro atoms. The summed E-state index contributed by atoms with van der Waals surface area (Å²) in [6.45, 7) is 2.52. The van der Waals surface area contributed by atoms with Crippen LogP contribution in [0.2, 0.25) is 0 Å². The van der Waals surface area contributed by atoms with Crippen LogP contribution in [0.4, 0.5) is 5.69 Å². The number of fused-ring (bicyclic) bond motifs is 4. The Morgan fingerprint density at radius 1 is 1.17 bits per heavy atom. The maximum absolute atomic E-state index is 13.5. The van der Waals surface area contributed by atoms with Gasteiger partial charge in [-0.1, -0.05) is 6.07 Å². The van der Waals surface area contributed by atoms with Gasteiger partial charge in [0, 0.05) is 49.9 Å². The Bertz CT molecular complexity index is 1130. The molecule has 2 aliphatic rings. The molecule has 1 saturated heterocycles. The number of pyridine rings is 1. The van der Waals surface area contributed by atoms with Crippen LogP contribution in [0.1, 0.15) is 25.0 Å².